The van der Waals surface area contributed by atoms with Crippen molar-refractivity contribution in [3.8, 4) is 0 Å². The van der Waals surface area contributed by atoms with Crippen LogP contribution in [0.3, 0.4) is 0 Å². The van der Waals surface area contributed by atoms with E-state index in [0.717, 1.165) is 0 Å². The fourth-order valence-corrected chi connectivity index (χ4v) is 2.23. The number of hydrogen-bond acceptors (Lipinski definition) is 3. The van der Waals surface area contributed by atoms with Crippen LogP contribution in [0.1, 0.15) is 37.2 Å². The van der Waals surface area contributed by atoms with Crippen molar-refractivity contribution in [2.75, 3.05) is 0 Å². The van der Waals surface area contributed by atoms with Crippen molar-refractivity contribution in [1.29, 1.82) is 0 Å². The quantitative estimate of drug-likeness (QED) is 0.785. The molecule has 0 fully saturated rings. The van der Waals surface area contributed by atoms with Gasteiger partial charge in [0.2, 0.25) is 5.91 Å². The zero-order valence-electron chi connectivity index (χ0n) is 12.0. The normalized spacial score (nSPS) is 12.6. The molecular formula is C14H17N3O4. The number of benzene rings is 1. The summed E-state index contributed by atoms with van der Waals surface area (Å²) in [5, 5.41) is 11.9. The highest BCUT2D eigenvalue weighted by atomic mass is 16.4. The summed E-state index contributed by atoms with van der Waals surface area (Å²) in [5.74, 6) is -1.43. The number of carboxylic acid groups (broad SMARTS) is 1. The summed E-state index contributed by atoms with van der Waals surface area (Å²) in [4.78, 5) is 37.8. The van der Waals surface area contributed by atoms with E-state index in [9.17, 15) is 14.4 Å². The van der Waals surface area contributed by atoms with Crippen molar-refractivity contribution in [1.82, 2.24) is 14.9 Å². The lowest BCUT2D eigenvalue weighted by atomic mass is 10.2. The Morgan fingerprint density at radius 3 is 2.52 bits per heavy atom. The number of carbonyl (C=O) groups excluding carboxylic acids is 1. The van der Waals surface area contributed by atoms with Gasteiger partial charge in [0.05, 0.1) is 16.6 Å². The summed E-state index contributed by atoms with van der Waals surface area (Å²) in [6.07, 6.45) is 0. The SMILES string of the molecule is CC(C)NC(=O)C(C)n1c(=O)[nH]c2c(C(=O)O)cccc21. The number of hydrogen-bond donors (Lipinski definition) is 3. The summed E-state index contributed by atoms with van der Waals surface area (Å²) in [6.45, 7) is 5.25. The standard InChI is InChI=1S/C14H17N3O4/c1-7(2)15-12(18)8(3)17-10-6-4-5-9(13(19)20)11(10)16-14(17)21/h4-8H,1-3H3,(H,15,18)(H,16,21)(H,19,20). The van der Waals surface area contributed by atoms with E-state index in [0.29, 0.717) is 5.52 Å². The van der Waals surface area contributed by atoms with Gasteiger partial charge < -0.3 is 15.4 Å². The van der Waals surface area contributed by atoms with Crippen LogP contribution in [0, 0.1) is 0 Å². The van der Waals surface area contributed by atoms with Gasteiger partial charge in [-0.25, -0.2) is 9.59 Å². The largest absolute Gasteiger partial charge is 0.478 e. The number of imidazole rings is 1. The van der Waals surface area contributed by atoms with Crippen LogP contribution < -0.4 is 11.0 Å². The highest BCUT2D eigenvalue weighted by molar-refractivity contribution is 6.01. The third-order valence-corrected chi connectivity index (χ3v) is 3.18. The molecule has 0 aliphatic carbocycles. The lowest BCUT2D eigenvalue weighted by Gasteiger charge is -2.15. The van der Waals surface area contributed by atoms with Crippen molar-refractivity contribution in [2.45, 2.75) is 32.9 Å². The maximum atomic E-state index is 12.1. The first-order chi connectivity index (χ1) is 9.82. The van der Waals surface area contributed by atoms with Gasteiger partial charge in [-0.1, -0.05) is 6.07 Å². The van der Waals surface area contributed by atoms with Gasteiger partial charge in [-0.15, -0.1) is 0 Å². The summed E-state index contributed by atoms with van der Waals surface area (Å²) < 4.78 is 1.26. The molecule has 0 bridgehead atoms. The fraction of sp³-hybridized carbons (Fsp3) is 0.357. The predicted molar refractivity (Wildman–Crippen MR) is 77.5 cm³/mol. The lowest BCUT2D eigenvalue weighted by Crippen LogP contribution is -2.38. The molecule has 2 aromatic rings. The van der Waals surface area contributed by atoms with E-state index in [4.69, 9.17) is 5.11 Å². The molecule has 7 nitrogen and oxygen atoms in total. The highest BCUT2D eigenvalue weighted by Crippen LogP contribution is 2.19. The zero-order valence-corrected chi connectivity index (χ0v) is 12.0. The Morgan fingerprint density at radius 2 is 1.95 bits per heavy atom. The average Bonchev–Trinajstić information content (AvgIpc) is 2.72. The molecule has 0 saturated carbocycles. The van der Waals surface area contributed by atoms with E-state index in [1.165, 1.54) is 10.6 Å². The summed E-state index contributed by atoms with van der Waals surface area (Å²) in [7, 11) is 0. The molecular weight excluding hydrogens is 274 g/mol. The Hall–Kier alpha value is -2.57. The monoisotopic (exact) mass is 291 g/mol. The van der Waals surface area contributed by atoms with Crippen molar-refractivity contribution in [2.24, 2.45) is 0 Å². The number of H-pyrrole nitrogens is 1. The summed E-state index contributed by atoms with van der Waals surface area (Å²) in [6, 6.07) is 3.78. The third-order valence-electron chi connectivity index (χ3n) is 3.18. The van der Waals surface area contributed by atoms with Crippen LogP contribution in [0.4, 0.5) is 0 Å². The van der Waals surface area contributed by atoms with Crippen LogP contribution in [0.2, 0.25) is 0 Å². The first-order valence-corrected chi connectivity index (χ1v) is 6.59. The number of nitrogens with one attached hydrogen (secondary N) is 2. The van der Waals surface area contributed by atoms with E-state index < -0.39 is 17.7 Å². The molecule has 1 unspecified atom stereocenters. The van der Waals surface area contributed by atoms with Crippen molar-refractivity contribution < 1.29 is 14.7 Å². The van der Waals surface area contributed by atoms with E-state index >= 15 is 0 Å². The molecule has 1 heterocycles. The molecule has 1 aromatic heterocycles. The van der Waals surface area contributed by atoms with Gasteiger partial charge in [-0.05, 0) is 32.9 Å². The second kappa shape index (κ2) is 5.43. The number of rotatable bonds is 4. The number of carboxylic acids is 1. The van der Waals surface area contributed by atoms with Crippen molar-refractivity contribution in [3.05, 3.63) is 34.2 Å². The molecule has 0 aliphatic rings. The van der Waals surface area contributed by atoms with Gasteiger partial charge in [-0.2, -0.15) is 0 Å². The molecule has 1 amide bonds. The Bertz CT molecular complexity index is 757. The van der Waals surface area contributed by atoms with Crippen LogP contribution in [-0.2, 0) is 4.79 Å². The smallest absolute Gasteiger partial charge is 0.337 e. The number of nitrogens with zero attached hydrogens (tertiary/aromatic N) is 1. The molecule has 3 N–H and O–H groups in total. The Morgan fingerprint density at radius 1 is 1.29 bits per heavy atom. The van der Waals surface area contributed by atoms with Gasteiger partial charge in [0.15, 0.2) is 0 Å². The third kappa shape index (κ3) is 2.67. The molecule has 112 valence electrons. The second-order valence-electron chi connectivity index (χ2n) is 5.14. The number of para-hydroxylation sites is 1. The molecule has 0 spiro atoms. The topological polar surface area (TPSA) is 104 Å². The average molecular weight is 291 g/mol. The van der Waals surface area contributed by atoms with Crippen LogP contribution in [0.25, 0.3) is 11.0 Å². The molecule has 0 saturated heterocycles. The van der Waals surface area contributed by atoms with Gasteiger partial charge >= 0.3 is 11.7 Å². The number of amides is 1. The maximum absolute atomic E-state index is 12.1. The molecule has 1 aromatic carbocycles. The first-order valence-electron chi connectivity index (χ1n) is 6.59. The summed E-state index contributed by atoms with van der Waals surface area (Å²) in [5.41, 5.74) is 0.107. The molecule has 21 heavy (non-hydrogen) atoms. The number of aromatic nitrogens is 2. The van der Waals surface area contributed by atoms with Crippen LogP contribution in [0.5, 0.6) is 0 Å². The number of fused-ring (bicyclic) bond motifs is 1. The Labute approximate surface area is 120 Å². The minimum Gasteiger partial charge on any atom is -0.478 e. The van der Waals surface area contributed by atoms with Crippen LogP contribution in [0.15, 0.2) is 23.0 Å². The van der Waals surface area contributed by atoms with Gasteiger partial charge in [0.1, 0.15) is 6.04 Å². The van der Waals surface area contributed by atoms with E-state index in [2.05, 4.69) is 10.3 Å². The van der Waals surface area contributed by atoms with Gasteiger partial charge in [0.25, 0.3) is 0 Å². The Kier molecular flexibility index (Phi) is 3.84. The lowest BCUT2D eigenvalue weighted by molar-refractivity contribution is -0.124. The number of aromatic carboxylic acids is 1. The minimum absolute atomic E-state index is 0.000169. The van der Waals surface area contributed by atoms with Crippen LogP contribution >= 0.6 is 0 Å². The van der Waals surface area contributed by atoms with E-state index in [-0.39, 0.29) is 23.0 Å². The molecule has 0 radical (unpaired) electrons. The van der Waals surface area contributed by atoms with Crippen molar-refractivity contribution in [3.63, 3.8) is 0 Å². The van der Waals surface area contributed by atoms with E-state index in [1.54, 1.807) is 19.1 Å². The minimum atomic E-state index is -1.13. The first kappa shape index (κ1) is 14.8. The molecule has 0 aliphatic heterocycles. The number of carbonyl (C=O) groups is 2. The molecule has 7 heteroatoms. The second-order valence-corrected chi connectivity index (χ2v) is 5.14. The fourth-order valence-electron chi connectivity index (χ4n) is 2.23. The summed E-state index contributed by atoms with van der Waals surface area (Å²) >= 11 is 0. The molecule has 2 rings (SSSR count). The van der Waals surface area contributed by atoms with Gasteiger partial charge in [-0.3, -0.25) is 9.36 Å². The van der Waals surface area contributed by atoms with Crippen LogP contribution in [-0.4, -0.2) is 32.6 Å². The predicted octanol–water partition coefficient (Wildman–Crippen LogP) is 1.11. The molecule has 1 atom stereocenters. The number of aromatic amines is 1. The van der Waals surface area contributed by atoms with Crippen molar-refractivity contribution >= 4 is 22.9 Å². The Balaban J connectivity index is 2.57. The maximum Gasteiger partial charge on any atom is 0.337 e. The zero-order chi connectivity index (χ0) is 15.7. The van der Waals surface area contributed by atoms with Gasteiger partial charge in [0, 0.05) is 6.04 Å². The highest BCUT2D eigenvalue weighted by Gasteiger charge is 2.22. The van der Waals surface area contributed by atoms with E-state index in [1.807, 2.05) is 13.8 Å².